The van der Waals surface area contributed by atoms with E-state index in [9.17, 15) is 9.59 Å². The van der Waals surface area contributed by atoms with Crippen LogP contribution < -0.4 is 10.1 Å². The summed E-state index contributed by atoms with van der Waals surface area (Å²) in [4.78, 5) is 29.6. The Morgan fingerprint density at radius 1 is 1.11 bits per heavy atom. The van der Waals surface area contributed by atoms with E-state index in [1.807, 2.05) is 55.7 Å². The molecule has 1 N–H and O–H groups in total. The molecule has 1 atom stereocenters. The molecule has 1 unspecified atom stereocenters. The first-order chi connectivity index (χ1) is 17.3. The summed E-state index contributed by atoms with van der Waals surface area (Å²) in [6.07, 6.45) is 9.68. The van der Waals surface area contributed by atoms with E-state index in [2.05, 4.69) is 5.32 Å². The number of hydrogen-bond donors (Lipinski definition) is 1. The number of benzene rings is 1. The summed E-state index contributed by atoms with van der Waals surface area (Å²) in [6, 6.07) is 11.6. The highest BCUT2D eigenvalue weighted by Gasteiger charge is 2.48. The normalized spacial score (nSPS) is 21.3. The number of ether oxygens (including phenoxy) is 1. The van der Waals surface area contributed by atoms with Crippen molar-refractivity contribution in [2.24, 2.45) is 0 Å². The average molecular weight is 492 g/mol. The molecule has 1 aromatic carbocycles. The van der Waals surface area contributed by atoms with Gasteiger partial charge in [-0.3, -0.25) is 9.59 Å². The van der Waals surface area contributed by atoms with Crippen LogP contribution in [0.3, 0.4) is 0 Å². The fourth-order valence-electron chi connectivity index (χ4n) is 5.59. The third kappa shape index (κ3) is 4.75. The predicted octanol–water partition coefficient (Wildman–Crippen LogP) is 5.67. The largest absolute Gasteiger partial charge is 0.491 e. The van der Waals surface area contributed by atoms with Crippen molar-refractivity contribution in [1.82, 2.24) is 14.8 Å². The van der Waals surface area contributed by atoms with Crippen LogP contribution in [0.5, 0.6) is 5.75 Å². The van der Waals surface area contributed by atoms with E-state index in [0.717, 1.165) is 42.5 Å². The van der Waals surface area contributed by atoms with E-state index >= 15 is 0 Å². The summed E-state index contributed by atoms with van der Waals surface area (Å²) >= 11 is 0. The quantitative estimate of drug-likeness (QED) is 0.482. The number of carbonyl (C=O) groups excluding carboxylic acids is 2. The highest BCUT2D eigenvalue weighted by atomic mass is 16.5. The second-order valence-electron chi connectivity index (χ2n) is 10.8. The third-order valence-corrected chi connectivity index (χ3v) is 7.61. The Morgan fingerprint density at radius 3 is 2.50 bits per heavy atom. The van der Waals surface area contributed by atoms with Crippen LogP contribution in [0.2, 0.25) is 0 Å². The van der Waals surface area contributed by atoms with Crippen LogP contribution >= 0.6 is 0 Å². The van der Waals surface area contributed by atoms with Gasteiger partial charge in [0.1, 0.15) is 17.0 Å². The molecule has 0 saturated heterocycles. The van der Waals surface area contributed by atoms with E-state index in [1.165, 1.54) is 19.3 Å². The van der Waals surface area contributed by atoms with Crippen molar-refractivity contribution >= 4 is 22.9 Å². The molecule has 5 rings (SSSR count). The maximum absolute atomic E-state index is 14.0. The molecule has 1 aliphatic heterocycles. The Labute approximate surface area is 212 Å². The zero-order chi connectivity index (χ0) is 25.3. The smallest absolute Gasteiger partial charge is 0.271 e. The molecule has 0 bridgehead atoms. The average Bonchev–Trinajstić information content (AvgIpc) is 3.41. The summed E-state index contributed by atoms with van der Waals surface area (Å²) in [5.41, 5.74) is 1.98. The predicted molar refractivity (Wildman–Crippen MR) is 139 cm³/mol. The fourth-order valence-corrected chi connectivity index (χ4v) is 5.59. The molecule has 1 fully saturated rings. The molecule has 7 nitrogen and oxygen atoms in total. The number of amides is 2. The van der Waals surface area contributed by atoms with E-state index in [4.69, 9.17) is 9.15 Å². The van der Waals surface area contributed by atoms with Crippen LogP contribution in [0, 0.1) is 0 Å². The number of nitrogens with one attached hydrogen (secondary N) is 1. The van der Waals surface area contributed by atoms with Gasteiger partial charge in [-0.15, -0.1) is 0 Å². The van der Waals surface area contributed by atoms with Gasteiger partial charge in [-0.25, -0.2) is 0 Å². The van der Waals surface area contributed by atoms with Crippen molar-refractivity contribution in [1.29, 1.82) is 0 Å². The van der Waals surface area contributed by atoms with Gasteiger partial charge in [0, 0.05) is 24.7 Å². The topological polar surface area (TPSA) is 76.7 Å². The molecule has 0 spiro atoms. The first kappa shape index (κ1) is 24.5. The molecule has 7 heteroatoms. The maximum atomic E-state index is 14.0. The fraction of sp³-hybridized carbons (Fsp3) is 0.517. The first-order valence-electron chi connectivity index (χ1n) is 13.3. The molecule has 1 aliphatic carbocycles. The summed E-state index contributed by atoms with van der Waals surface area (Å²) in [6.45, 7) is 6.60. The number of hydrogen-bond acceptors (Lipinski definition) is 4. The molecule has 3 heterocycles. The molecular formula is C29H37N3O4. The minimum absolute atomic E-state index is 0.0859. The molecule has 36 heavy (non-hydrogen) atoms. The zero-order valence-corrected chi connectivity index (χ0v) is 21.6. The number of furan rings is 1. The second-order valence-corrected chi connectivity index (χ2v) is 10.8. The molecule has 2 aliphatic rings. The Kier molecular flexibility index (Phi) is 6.82. The van der Waals surface area contributed by atoms with Gasteiger partial charge in [0.25, 0.3) is 5.91 Å². The van der Waals surface area contributed by atoms with Gasteiger partial charge in [-0.1, -0.05) is 44.2 Å². The van der Waals surface area contributed by atoms with Crippen molar-refractivity contribution < 1.29 is 18.7 Å². The monoisotopic (exact) mass is 491 g/mol. The summed E-state index contributed by atoms with van der Waals surface area (Å²) in [5, 5.41) is 3.34. The van der Waals surface area contributed by atoms with Gasteiger partial charge in [0.05, 0.1) is 24.4 Å². The van der Waals surface area contributed by atoms with Crippen LogP contribution in [0.1, 0.15) is 81.8 Å². The van der Waals surface area contributed by atoms with Crippen molar-refractivity contribution in [2.45, 2.75) is 96.5 Å². The van der Waals surface area contributed by atoms with Crippen molar-refractivity contribution in [3.05, 3.63) is 53.9 Å². The van der Waals surface area contributed by atoms with Gasteiger partial charge in [0.15, 0.2) is 5.58 Å². The molecule has 0 radical (unpaired) electrons. The van der Waals surface area contributed by atoms with Gasteiger partial charge < -0.3 is 23.9 Å². The van der Waals surface area contributed by atoms with E-state index in [0.29, 0.717) is 24.4 Å². The zero-order valence-electron chi connectivity index (χ0n) is 21.6. The van der Waals surface area contributed by atoms with Crippen LogP contribution in [-0.2, 0) is 17.9 Å². The van der Waals surface area contributed by atoms with E-state index in [-0.39, 0.29) is 24.0 Å². The summed E-state index contributed by atoms with van der Waals surface area (Å²) in [5.74, 6) is 0.542. The molecule has 2 amide bonds. The molecule has 3 aromatic rings. The lowest BCUT2D eigenvalue weighted by Crippen LogP contribution is -2.64. The van der Waals surface area contributed by atoms with Crippen LogP contribution in [0.4, 0.5) is 0 Å². The lowest BCUT2D eigenvalue weighted by molar-refractivity contribution is -0.134. The SMILES string of the molecule is CC(C)Oc1ccc(CN2C(=O)c3cc4occc4n3CC2(C)C(=O)NC2CCCCCCC2)cc1. The Bertz CT molecular complexity index is 1220. The van der Waals surface area contributed by atoms with Gasteiger partial charge in [-0.05, 0) is 51.3 Å². The third-order valence-electron chi connectivity index (χ3n) is 7.61. The number of fused-ring (bicyclic) bond motifs is 3. The number of carbonyl (C=O) groups is 2. The summed E-state index contributed by atoms with van der Waals surface area (Å²) in [7, 11) is 0. The Morgan fingerprint density at radius 2 is 1.81 bits per heavy atom. The van der Waals surface area contributed by atoms with Crippen molar-refractivity contribution in [3.8, 4) is 5.75 Å². The number of rotatable bonds is 6. The lowest BCUT2D eigenvalue weighted by Gasteiger charge is -2.44. The Balaban J connectivity index is 1.45. The van der Waals surface area contributed by atoms with Crippen molar-refractivity contribution in [2.75, 3.05) is 0 Å². The second kappa shape index (κ2) is 10.0. The van der Waals surface area contributed by atoms with Crippen LogP contribution in [0.15, 0.2) is 47.1 Å². The lowest BCUT2D eigenvalue weighted by atomic mass is 9.91. The highest BCUT2D eigenvalue weighted by molar-refractivity contribution is 6.02. The van der Waals surface area contributed by atoms with Crippen LogP contribution in [0.25, 0.3) is 11.1 Å². The van der Waals surface area contributed by atoms with Gasteiger partial charge in [-0.2, -0.15) is 0 Å². The number of aromatic nitrogens is 1. The molecule has 2 aromatic heterocycles. The van der Waals surface area contributed by atoms with E-state index in [1.54, 1.807) is 17.2 Å². The van der Waals surface area contributed by atoms with E-state index < -0.39 is 5.54 Å². The molecule has 192 valence electrons. The Hall–Kier alpha value is -3.22. The molecular weight excluding hydrogens is 454 g/mol. The van der Waals surface area contributed by atoms with Crippen molar-refractivity contribution in [3.63, 3.8) is 0 Å². The standard InChI is InChI=1S/C29H37N3O4/c1-20(2)36-23-13-11-21(12-14-23)18-32-27(33)25-17-26-24(15-16-35-26)31(25)19-29(32,3)28(34)30-22-9-7-5-4-6-8-10-22/h11-17,20,22H,4-10,18-19H2,1-3H3,(H,30,34). The minimum Gasteiger partial charge on any atom is -0.491 e. The van der Waals surface area contributed by atoms with Crippen LogP contribution in [-0.4, -0.2) is 39.0 Å². The maximum Gasteiger partial charge on any atom is 0.271 e. The first-order valence-corrected chi connectivity index (χ1v) is 13.3. The molecule has 1 saturated carbocycles. The minimum atomic E-state index is -1.04. The number of nitrogens with zero attached hydrogens (tertiary/aromatic N) is 2. The van der Waals surface area contributed by atoms with Gasteiger partial charge >= 0.3 is 0 Å². The van der Waals surface area contributed by atoms with Gasteiger partial charge in [0.2, 0.25) is 5.91 Å². The summed E-state index contributed by atoms with van der Waals surface area (Å²) < 4.78 is 13.3. The highest BCUT2D eigenvalue weighted by Crippen LogP contribution is 2.34.